The van der Waals surface area contributed by atoms with Crippen LogP contribution in [0.5, 0.6) is 5.75 Å². The fourth-order valence-corrected chi connectivity index (χ4v) is 2.50. The van der Waals surface area contributed by atoms with Crippen LogP contribution in [0.4, 0.5) is 4.39 Å². The highest BCUT2D eigenvalue weighted by Gasteiger charge is 2.11. The molecule has 0 saturated heterocycles. The molecule has 1 N–H and O–H groups in total. The van der Waals surface area contributed by atoms with Crippen LogP contribution in [0.3, 0.4) is 0 Å². The van der Waals surface area contributed by atoms with E-state index in [1.54, 1.807) is 32.3 Å². The van der Waals surface area contributed by atoms with Gasteiger partial charge in [0.05, 0.1) is 17.2 Å². The molecular formula is C19H19Cl2FO3. The van der Waals surface area contributed by atoms with E-state index in [9.17, 15) is 9.18 Å². The van der Waals surface area contributed by atoms with Gasteiger partial charge >= 0.3 is 5.97 Å². The lowest BCUT2D eigenvalue weighted by Gasteiger charge is -2.10. The minimum absolute atomic E-state index is 0.0393. The van der Waals surface area contributed by atoms with Crippen molar-refractivity contribution < 1.29 is 19.0 Å². The Morgan fingerprint density at radius 1 is 1.28 bits per heavy atom. The summed E-state index contributed by atoms with van der Waals surface area (Å²) in [6, 6.07) is 1.68. The number of halogens is 3. The van der Waals surface area contributed by atoms with Gasteiger partial charge in [0, 0.05) is 17.2 Å². The Balaban J connectivity index is 3.06. The predicted molar refractivity (Wildman–Crippen MR) is 101 cm³/mol. The maximum absolute atomic E-state index is 13.7. The lowest BCUT2D eigenvalue weighted by atomic mass is 10.1. The summed E-state index contributed by atoms with van der Waals surface area (Å²) in [5, 5.41) is 9.53. The van der Waals surface area contributed by atoms with Crippen LogP contribution in [0.15, 0.2) is 47.3 Å². The zero-order chi connectivity index (χ0) is 19.1. The van der Waals surface area contributed by atoms with Crippen molar-refractivity contribution in [3.05, 3.63) is 68.5 Å². The zero-order valence-corrected chi connectivity index (χ0v) is 15.9. The molecule has 0 aliphatic carbocycles. The van der Waals surface area contributed by atoms with Gasteiger partial charge in [-0.2, -0.15) is 0 Å². The average Bonchev–Trinajstić information content (AvgIpc) is 2.54. The SMILES string of the molecule is COc1cc(Cl)c(C=CC(C)=CC=C(F)C(C)=CC(=O)O)c(Cl)c1C. The Morgan fingerprint density at radius 2 is 1.92 bits per heavy atom. The van der Waals surface area contributed by atoms with Crippen molar-refractivity contribution in [2.24, 2.45) is 0 Å². The molecule has 0 aliphatic rings. The summed E-state index contributed by atoms with van der Waals surface area (Å²) in [4.78, 5) is 10.5. The smallest absolute Gasteiger partial charge is 0.328 e. The van der Waals surface area contributed by atoms with Crippen molar-refractivity contribution in [1.29, 1.82) is 0 Å². The van der Waals surface area contributed by atoms with Gasteiger partial charge in [-0.05, 0) is 38.5 Å². The van der Waals surface area contributed by atoms with Crippen molar-refractivity contribution in [1.82, 2.24) is 0 Å². The van der Waals surface area contributed by atoms with Crippen LogP contribution in [0, 0.1) is 6.92 Å². The van der Waals surface area contributed by atoms with E-state index in [-0.39, 0.29) is 5.57 Å². The van der Waals surface area contributed by atoms with Gasteiger partial charge in [0.2, 0.25) is 0 Å². The third-order valence-electron chi connectivity index (χ3n) is 3.39. The normalized spacial score (nSPS) is 13.5. The molecule has 0 bridgehead atoms. The molecule has 0 spiro atoms. The number of methoxy groups -OCH3 is 1. The number of carbonyl (C=O) groups is 1. The summed E-state index contributed by atoms with van der Waals surface area (Å²) in [5.41, 5.74) is 2.19. The summed E-state index contributed by atoms with van der Waals surface area (Å²) in [6.07, 6.45) is 7.01. The van der Waals surface area contributed by atoms with E-state index in [4.69, 9.17) is 33.0 Å². The van der Waals surface area contributed by atoms with E-state index in [1.807, 2.05) is 6.92 Å². The molecule has 0 unspecified atom stereocenters. The molecule has 0 atom stereocenters. The highest BCUT2D eigenvalue weighted by molar-refractivity contribution is 6.38. The third-order valence-corrected chi connectivity index (χ3v) is 4.19. The molecule has 0 fully saturated rings. The fourth-order valence-electron chi connectivity index (χ4n) is 1.94. The van der Waals surface area contributed by atoms with Crippen LogP contribution >= 0.6 is 23.2 Å². The number of aliphatic carboxylic acids is 1. The summed E-state index contributed by atoms with van der Waals surface area (Å²) in [5.74, 6) is -1.21. The Kier molecular flexibility index (Phi) is 7.94. The molecule has 25 heavy (non-hydrogen) atoms. The van der Waals surface area contributed by atoms with E-state index in [2.05, 4.69) is 0 Å². The molecule has 0 aliphatic heterocycles. The largest absolute Gasteiger partial charge is 0.496 e. The lowest BCUT2D eigenvalue weighted by molar-refractivity contribution is -0.131. The summed E-state index contributed by atoms with van der Waals surface area (Å²) in [6.45, 7) is 4.99. The lowest BCUT2D eigenvalue weighted by Crippen LogP contribution is -1.91. The number of allylic oxidation sites excluding steroid dienone is 6. The molecule has 0 amide bonds. The van der Waals surface area contributed by atoms with Gasteiger partial charge in [-0.15, -0.1) is 0 Å². The van der Waals surface area contributed by atoms with Gasteiger partial charge in [-0.1, -0.05) is 47.0 Å². The summed E-state index contributed by atoms with van der Waals surface area (Å²) in [7, 11) is 1.54. The molecule has 0 radical (unpaired) electrons. The second-order valence-corrected chi connectivity index (χ2v) is 6.12. The Hall–Kier alpha value is -2.04. The monoisotopic (exact) mass is 384 g/mol. The van der Waals surface area contributed by atoms with Crippen molar-refractivity contribution in [3.8, 4) is 5.75 Å². The average molecular weight is 385 g/mol. The quantitative estimate of drug-likeness (QED) is 0.472. The van der Waals surface area contributed by atoms with Gasteiger partial charge in [0.25, 0.3) is 0 Å². The van der Waals surface area contributed by atoms with E-state index in [1.165, 1.54) is 19.1 Å². The van der Waals surface area contributed by atoms with Crippen molar-refractivity contribution in [2.75, 3.05) is 7.11 Å². The molecule has 0 aromatic heterocycles. The second kappa shape index (κ2) is 9.44. The van der Waals surface area contributed by atoms with E-state index < -0.39 is 11.8 Å². The first-order chi connectivity index (χ1) is 11.7. The number of hydrogen-bond donors (Lipinski definition) is 1. The van der Waals surface area contributed by atoms with Crippen LogP contribution in [0.25, 0.3) is 6.08 Å². The zero-order valence-electron chi connectivity index (χ0n) is 14.4. The molecular weight excluding hydrogens is 366 g/mol. The standard InChI is InChI=1S/C19H19Cl2FO3/c1-11(6-8-16(22)12(2)9-18(23)24)5-7-14-15(20)10-17(25-4)13(3)19(14)21/h5-10H,1-4H3,(H,23,24). The first-order valence-electron chi connectivity index (χ1n) is 7.33. The molecule has 1 aromatic carbocycles. The minimum atomic E-state index is -1.19. The van der Waals surface area contributed by atoms with Gasteiger partial charge in [0.1, 0.15) is 11.6 Å². The highest BCUT2D eigenvalue weighted by atomic mass is 35.5. The highest BCUT2D eigenvalue weighted by Crippen LogP contribution is 2.35. The maximum Gasteiger partial charge on any atom is 0.328 e. The van der Waals surface area contributed by atoms with Crippen LogP contribution in [0.2, 0.25) is 10.0 Å². The summed E-state index contributed by atoms with van der Waals surface area (Å²) < 4.78 is 19.0. The van der Waals surface area contributed by atoms with Crippen molar-refractivity contribution in [3.63, 3.8) is 0 Å². The van der Waals surface area contributed by atoms with Gasteiger partial charge < -0.3 is 9.84 Å². The van der Waals surface area contributed by atoms with Crippen LogP contribution in [-0.2, 0) is 4.79 Å². The molecule has 134 valence electrons. The van der Waals surface area contributed by atoms with Gasteiger partial charge in [-0.25, -0.2) is 9.18 Å². The number of benzene rings is 1. The first kappa shape index (κ1) is 21.0. The number of rotatable bonds is 6. The molecule has 3 nitrogen and oxygen atoms in total. The maximum atomic E-state index is 13.7. The second-order valence-electron chi connectivity index (χ2n) is 5.34. The Labute approximate surface area is 156 Å². The van der Waals surface area contributed by atoms with E-state index in [0.717, 1.165) is 17.2 Å². The summed E-state index contributed by atoms with van der Waals surface area (Å²) >= 11 is 12.5. The third kappa shape index (κ3) is 6.07. The molecule has 0 saturated carbocycles. The first-order valence-corrected chi connectivity index (χ1v) is 8.09. The number of ether oxygens (including phenoxy) is 1. The van der Waals surface area contributed by atoms with Gasteiger partial charge in [0.15, 0.2) is 0 Å². The minimum Gasteiger partial charge on any atom is -0.496 e. The fraction of sp³-hybridized carbons (Fsp3) is 0.211. The number of hydrogen-bond acceptors (Lipinski definition) is 2. The molecule has 0 heterocycles. The Morgan fingerprint density at radius 3 is 2.48 bits per heavy atom. The van der Waals surface area contributed by atoms with Crippen LogP contribution < -0.4 is 4.74 Å². The van der Waals surface area contributed by atoms with E-state index in [0.29, 0.717) is 21.4 Å². The van der Waals surface area contributed by atoms with Crippen LogP contribution in [0.1, 0.15) is 25.0 Å². The van der Waals surface area contributed by atoms with Crippen molar-refractivity contribution >= 4 is 35.2 Å². The molecule has 1 aromatic rings. The predicted octanol–water partition coefficient (Wildman–Crippen LogP) is 6.15. The van der Waals surface area contributed by atoms with E-state index >= 15 is 0 Å². The molecule has 6 heteroatoms. The van der Waals surface area contributed by atoms with Crippen LogP contribution in [-0.4, -0.2) is 18.2 Å². The number of carboxylic acids is 1. The Bertz CT molecular complexity index is 790. The van der Waals surface area contributed by atoms with Crippen molar-refractivity contribution in [2.45, 2.75) is 20.8 Å². The van der Waals surface area contributed by atoms with Gasteiger partial charge in [-0.3, -0.25) is 0 Å². The number of carboxylic acid groups (broad SMARTS) is 1. The topological polar surface area (TPSA) is 46.5 Å². The molecule has 1 rings (SSSR count).